The van der Waals surface area contributed by atoms with Gasteiger partial charge in [0.05, 0.1) is 9.99 Å². The number of halogens is 1. The first kappa shape index (κ1) is 7.49. The topological polar surface area (TPSA) is 45.8 Å². The molecule has 1 N–H and O–H groups in total. The molecule has 0 aliphatic heterocycles. The monoisotopic (exact) mass is 224 g/mol. The number of H-pyrrole nitrogens is 1. The van der Waals surface area contributed by atoms with E-state index in [1.54, 1.807) is 18.5 Å². The van der Waals surface area contributed by atoms with Crippen LogP contribution in [0.1, 0.15) is 0 Å². The Hall–Kier alpha value is -1.16. The Kier molecular flexibility index (Phi) is 1.69. The summed E-state index contributed by atoms with van der Waals surface area (Å²) in [7, 11) is 0. The van der Waals surface area contributed by atoms with E-state index in [1.807, 2.05) is 6.07 Å². The van der Waals surface area contributed by atoms with Gasteiger partial charge in [0, 0.05) is 12.4 Å². The summed E-state index contributed by atoms with van der Waals surface area (Å²) in [6.07, 6.45) is 3.22. The van der Waals surface area contributed by atoms with E-state index in [1.165, 1.54) is 0 Å². The number of nitrogens with zero attached hydrogens (tertiary/aromatic N) is 1. The predicted octanol–water partition coefficient (Wildman–Crippen LogP) is 1.69. The van der Waals surface area contributed by atoms with Crippen LogP contribution in [0.25, 0.3) is 11.0 Å². The second-order valence-corrected chi connectivity index (χ2v) is 3.22. The smallest absolute Gasteiger partial charge is 0.221 e. The minimum absolute atomic E-state index is 0.0793. The van der Waals surface area contributed by atoms with Gasteiger partial charge >= 0.3 is 0 Å². The number of hydrogen-bond acceptors (Lipinski definition) is 2. The van der Waals surface area contributed by atoms with E-state index in [9.17, 15) is 4.79 Å². The first-order valence-electron chi connectivity index (χ1n) is 3.41. The van der Waals surface area contributed by atoms with Gasteiger partial charge in [0.15, 0.2) is 0 Å². The number of aromatic nitrogens is 2. The minimum atomic E-state index is -0.0793. The van der Waals surface area contributed by atoms with Crippen molar-refractivity contribution in [2.24, 2.45) is 0 Å². The average Bonchev–Trinajstić information content (AvgIpc) is 2.12. The third-order valence-electron chi connectivity index (χ3n) is 1.59. The second-order valence-electron chi connectivity index (χ2n) is 2.37. The van der Waals surface area contributed by atoms with Crippen LogP contribution in [0.4, 0.5) is 0 Å². The van der Waals surface area contributed by atoms with Crippen molar-refractivity contribution in [2.45, 2.75) is 0 Å². The van der Waals surface area contributed by atoms with Gasteiger partial charge in [0.25, 0.3) is 0 Å². The van der Waals surface area contributed by atoms with E-state index in [4.69, 9.17) is 0 Å². The van der Waals surface area contributed by atoms with Crippen LogP contribution >= 0.6 is 15.9 Å². The summed E-state index contributed by atoms with van der Waals surface area (Å²) in [5.74, 6) is 0. The molecule has 0 radical (unpaired) electrons. The third-order valence-corrected chi connectivity index (χ3v) is 2.18. The molecule has 2 aromatic heterocycles. The van der Waals surface area contributed by atoms with Crippen molar-refractivity contribution in [3.05, 3.63) is 39.2 Å². The Balaban J connectivity index is 3.01. The number of aromatic amines is 1. The first-order chi connectivity index (χ1) is 5.79. The van der Waals surface area contributed by atoms with Crippen LogP contribution < -0.4 is 5.43 Å². The molecule has 60 valence electrons. The summed E-state index contributed by atoms with van der Waals surface area (Å²) in [6.45, 7) is 0. The molecule has 0 fully saturated rings. The molecule has 0 aliphatic rings. The molecule has 0 saturated heterocycles. The standard InChI is InChI=1S/C8H5BrN2O/c9-5-4-11-6-2-1-3-10-7(6)8(5)12/h1-4H,(H,11,12). The van der Waals surface area contributed by atoms with Crippen molar-refractivity contribution in [3.63, 3.8) is 0 Å². The lowest BCUT2D eigenvalue weighted by molar-refractivity contribution is 1.30. The fourth-order valence-electron chi connectivity index (χ4n) is 1.02. The molecule has 0 aromatic carbocycles. The zero-order chi connectivity index (χ0) is 8.55. The maximum Gasteiger partial charge on any atom is 0.221 e. The van der Waals surface area contributed by atoms with Crippen molar-refractivity contribution >= 4 is 27.0 Å². The Morgan fingerprint density at radius 3 is 3.17 bits per heavy atom. The lowest BCUT2D eigenvalue weighted by Gasteiger charge is -1.95. The number of rotatable bonds is 0. The van der Waals surface area contributed by atoms with Gasteiger partial charge in [-0.25, -0.2) is 0 Å². The SMILES string of the molecule is O=c1c(Br)c[nH]c2cccnc12. The molecule has 0 aliphatic carbocycles. The zero-order valence-corrected chi connectivity index (χ0v) is 7.63. The van der Waals surface area contributed by atoms with Gasteiger partial charge in [0.2, 0.25) is 5.43 Å². The summed E-state index contributed by atoms with van der Waals surface area (Å²) in [5, 5.41) is 0. The van der Waals surface area contributed by atoms with Crippen LogP contribution in [0.5, 0.6) is 0 Å². The Bertz CT molecular complexity index is 478. The molecule has 0 atom stereocenters. The van der Waals surface area contributed by atoms with Crippen LogP contribution in [0.15, 0.2) is 33.8 Å². The van der Waals surface area contributed by atoms with Gasteiger partial charge in [-0.3, -0.25) is 9.78 Å². The molecular formula is C8H5BrN2O. The van der Waals surface area contributed by atoms with E-state index in [0.29, 0.717) is 9.99 Å². The largest absolute Gasteiger partial charge is 0.359 e. The fraction of sp³-hybridized carbons (Fsp3) is 0. The molecule has 12 heavy (non-hydrogen) atoms. The molecule has 0 bridgehead atoms. The second kappa shape index (κ2) is 2.71. The van der Waals surface area contributed by atoms with Crippen molar-refractivity contribution in [1.29, 1.82) is 0 Å². The maximum absolute atomic E-state index is 11.4. The zero-order valence-electron chi connectivity index (χ0n) is 6.04. The number of hydrogen-bond donors (Lipinski definition) is 1. The lowest BCUT2D eigenvalue weighted by atomic mass is 10.3. The molecule has 0 amide bonds. The molecular weight excluding hydrogens is 220 g/mol. The first-order valence-corrected chi connectivity index (χ1v) is 4.20. The van der Waals surface area contributed by atoms with Gasteiger partial charge < -0.3 is 4.98 Å². The van der Waals surface area contributed by atoms with Crippen molar-refractivity contribution < 1.29 is 0 Å². The normalized spacial score (nSPS) is 10.4. The van der Waals surface area contributed by atoms with Gasteiger partial charge in [-0.15, -0.1) is 0 Å². The quantitative estimate of drug-likeness (QED) is 0.741. The predicted molar refractivity (Wildman–Crippen MR) is 50.1 cm³/mol. The Morgan fingerprint density at radius 1 is 1.50 bits per heavy atom. The van der Waals surface area contributed by atoms with E-state index >= 15 is 0 Å². The van der Waals surface area contributed by atoms with Crippen molar-refractivity contribution in [2.75, 3.05) is 0 Å². The molecule has 4 heteroatoms. The van der Waals surface area contributed by atoms with Gasteiger partial charge in [-0.05, 0) is 28.1 Å². The molecule has 2 aromatic rings. The van der Waals surface area contributed by atoms with Crippen molar-refractivity contribution in [1.82, 2.24) is 9.97 Å². The highest BCUT2D eigenvalue weighted by atomic mass is 79.9. The summed E-state index contributed by atoms with van der Waals surface area (Å²) < 4.78 is 0.508. The van der Waals surface area contributed by atoms with Gasteiger partial charge in [-0.1, -0.05) is 0 Å². The summed E-state index contributed by atoms with van der Waals surface area (Å²) in [6, 6.07) is 3.60. The highest BCUT2D eigenvalue weighted by Crippen LogP contribution is 2.07. The molecule has 2 rings (SSSR count). The van der Waals surface area contributed by atoms with Crippen molar-refractivity contribution in [3.8, 4) is 0 Å². The van der Waals surface area contributed by atoms with E-state index in [-0.39, 0.29) is 5.43 Å². The third kappa shape index (κ3) is 1.04. The number of nitrogens with one attached hydrogen (secondary N) is 1. The fourth-order valence-corrected chi connectivity index (χ4v) is 1.32. The molecule has 2 heterocycles. The highest BCUT2D eigenvalue weighted by molar-refractivity contribution is 9.10. The van der Waals surface area contributed by atoms with Crippen LogP contribution in [-0.2, 0) is 0 Å². The highest BCUT2D eigenvalue weighted by Gasteiger charge is 2.01. The average molecular weight is 225 g/mol. The summed E-state index contributed by atoms with van der Waals surface area (Å²) >= 11 is 3.13. The van der Waals surface area contributed by atoms with Gasteiger partial charge in [-0.2, -0.15) is 0 Å². The molecule has 0 saturated carbocycles. The lowest BCUT2D eigenvalue weighted by Crippen LogP contribution is -2.04. The van der Waals surface area contributed by atoms with Crippen LogP contribution in [0.2, 0.25) is 0 Å². The minimum Gasteiger partial charge on any atom is -0.359 e. The van der Waals surface area contributed by atoms with Crippen LogP contribution in [0.3, 0.4) is 0 Å². The molecule has 0 unspecified atom stereocenters. The Morgan fingerprint density at radius 2 is 2.33 bits per heavy atom. The van der Waals surface area contributed by atoms with E-state index in [0.717, 1.165) is 5.52 Å². The van der Waals surface area contributed by atoms with E-state index in [2.05, 4.69) is 25.9 Å². The van der Waals surface area contributed by atoms with Gasteiger partial charge in [0.1, 0.15) is 5.52 Å². The van der Waals surface area contributed by atoms with E-state index < -0.39 is 0 Å². The summed E-state index contributed by atoms with van der Waals surface area (Å²) in [4.78, 5) is 18.3. The number of pyridine rings is 2. The summed E-state index contributed by atoms with van der Waals surface area (Å²) in [5.41, 5.74) is 1.14. The Labute approximate surface area is 76.6 Å². The maximum atomic E-state index is 11.4. The van der Waals surface area contributed by atoms with Crippen LogP contribution in [0, 0.1) is 0 Å². The van der Waals surface area contributed by atoms with Crippen LogP contribution in [-0.4, -0.2) is 9.97 Å². The number of fused-ring (bicyclic) bond motifs is 1. The molecule has 0 spiro atoms. The molecule has 3 nitrogen and oxygen atoms in total.